The number of unbranched alkanes of at least 4 members (excludes halogenated alkanes) is 1. The van der Waals surface area contributed by atoms with Crippen LogP contribution in [0.1, 0.15) is 66.8 Å². The van der Waals surface area contributed by atoms with Crippen molar-refractivity contribution in [2.75, 3.05) is 0 Å². The van der Waals surface area contributed by atoms with E-state index in [4.69, 9.17) is 0 Å². The maximum atomic E-state index is 14.6. The molecule has 0 spiro atoms. The van der Waals surface area contributed by atoms with Crippen LogP contribution in [0.4, 0.5) is 8.78 Å². The topological polar surface area (TPSA) is 0 Å². The molecule has 0 aliphatic heterocycles. The molecule has 1 aliphatic rings. The van der Waals surface area contributed by atoms with Gasteiger partial charge in [-0.15, -0.1) is 0 Å². The maximum absolute atomic E-state index is 14.6. The monoisotopic (exact) mass is 328 g/mol. The predicted octanol–water partition coefficient (Wildman–Crippen LogP) is 6.14. The minimum absolute atomic E-state index is 0.0507. The van der Waals surface area contributed by atoms with Gasteiger partial charge in [-0.3, -0.25) is 0 Å². The molecule has 2 aromatic carbocycles. The summed E-state index contributed by atoms with van der Waals surface area (Å²) in [5.74, 6) is -0.773. The Bertz CT molecular complexity index is 695. The Hall–Kier alpha value is -1.70. The average Bonchev–Trinajstić information content (AvgIpc) is 2.58. The molecule has 128 valence electrons. The Kier molecular flexibility index (Phi) is 5.33. The van der Waals surface area contributed by atoms with E-state index in [1.165, 1.54) is 16.7 Å². The molecule has 0 N–H and O–H groups in total. The Morgan fingerprint density at radius 2 is 1.71 bits per heavy atom. The zero-order valence-electron chi connectivity index (χ0n) is 14.7. The minimum Gasteiger partial charge on any atom is -0.207 e. The molecule has 0 aromatic heterocycles. The summed E-state index contributed by atoms with van der Waals surface area (Å²) in [5.41, 5.74) is 5.01. The Morgan fingerprint density at radius 1 is 0.958 bits per heavy atom. The van der Waals surface area contributed by atoms with Crippen molar-refractivity contribution in [3.8, 4) is 0 Å². The van der Waals surface area contributed by atoms with Crippen molar-refractivity contribution in [2.45, 2.75) is 64.7 Å². The Balaban J connectivity index is 1.84. The molecular weight excluding hydrogens is 302 g/mol. The van der Waals surface area contributed by atoms with Crippen molar-refractivity contribution in [3.05, 3.63) is 69.8 Å². The molecule has 0 bridgehead atoms. The summed E-state index contributed by atoms with van der Waals surface area (Å²) < 4.78 is 29.2. The van der Waals surface area contributed by atoms with Gasteiger partial charge in [0.15, 0.2) is 0 Å². The Morgan fingerprint density at radius 3 is 2.38 bits per heavy atom. The molecule has 0 fully saturated rings. The quantitative estimate of drug-likeness (QED) is 0.618. The third-order valence-electron chi connectivity index (χ3n) is 5.27. The van der Waals surface area contributed by atoms with Gasteiger partial charge in [0, 0.05) is 5.56 Å². The lowest BCUT2D eigenvalue weighted by molar-refractivity contribution is 0.489. The number of halogens is 2. The van der Waals surface area contributed by atoms with Crippen LogP contribution in [0.15, 0.2) is 30.3 Å². The molecule has 0 nitrogen and oxygen atoms in total. The van der Waals surface area contributed by atoms with E-state index in [1.54, 1.807) is 12.1 Å². The largest absolute Gasteiger partial charge is 0.207 e. The van der Waals surface area contributed by atoms with Crippen LogP contribution in [0.5, 0.6) is 0 Å². The molecule has 2 aromatic rings. The van der Waals surface area contributed by atoms with Crippen LogP contribution in [-0.2, 0) is 25.7 Å². The number of benzene rings is 2. The first-order valence-electron chi connectivity index (χ1n) is 9.20. The summed E-state index contributed by atoms with van der Waals surface area (Å²) in [6.07, 6.45) is 6.24. The number of hydrogen-bond donors (Lipinski definition) is 0. The third kappa shape index (κ3) is 3.53. The van der Waals surface area contributed by atoms with Crippen LogP contribution < -0.4 is 0 Å². The van der Waals surface area contributed by atoms with Gasteiger partial charge >= 0.3 is 0 Å². The van der Waals surface area contributed by atoms with Crippen LogP contribution in [-0.4, -0.2) is 0 Å². The van der Waals surface area contributed by atoms with E-state index in [-0.39, 0.29) is 17.6 Å². The smallest absolute Gasteiger partial charge is 0.129 e. The van der Waals surface area contributed by atoms with E-state index >= 15 is 0 Å². The molecule has 24 heavy (non-hydrogen) atoms. The zero-order chi connectivity index (χ0) is 17.1. The predicted molar refractivity (Wildman–Crippen MR) is 95.6 cm³/mol. The maximum Gasteiger partial charge on any atom is 0.129 e. The fourth-order valence-corrected chi connectivity index (χ4v) is 3.83. The highest BCUT2D eigenvalue weighted by atomic mass is 19.1. The van der Waals surface area contributed by atoms with Crippen molar-refractivity contribution in [1.29, 1.82) is 0 Å². The molecule has 0 saturated carbocycles. The van der Waals surface area contributed by atoms with Gasteiger partial charge in [-0.2, -0.15) is 0 Å². The fourth-order valence-electron chi connectivity index (χ4n) is 3.83. The van der Waals surface area contributed by atoms with Crippen molar-refractivity contribution < 1.29 is 8.78 Å². The SMILES string of the molecule is CCCCc1cc(F)c(C2CCc3cc(CC)ccc3C2)c(F)c1. The minimum atomic E-state index is -0.361. The molecule has 0 heterocycles. The van der Waals surface area contributed by atoms with Crippen LogP contribution in [0.2, 0.25) is 0 Å². The van der Waals surface area contributed by atoms with E-state index in [1.807, 2.05) is 0 Å². The van der Waals surface area contributed by atoms with Gasteiger partial charge in [-0.25, -0.2) is 8.78 Å². The van der Waals surface area contributed by atoms with Gasteiger partial charge in [-0.1, -0.05) is 38.5 Å². The summed E-state index contributed by atoms with van der Waals surface area (Å²) in [4.78, 5) is 0. The second-order valence-corrected chi connectivity index (χ2v) is 6.97. The summed E-state index contributed by atoms with van der Waals surface area (Å²) in [7, 11) is 0. The third-order valence-corrected chi connectivity index (χ3v) is 5.27. The van der Waals surface area contributed by atoms with Crippen molar-refractivity contribution in [1.82, 2.24) is 0 Å². The second kappa shape index (κ2) is 7.46. The fraction of sp³-hybridized carbons (Fsp3) is 0.455. The summed E-state index contributed by atoms with van der Waals surface area (Å²) >= 11 is 0. The number of hydrogen-bond acceptors (Lipinski definition) is 0. The highest BCUT2D eigenvalue weighted by Gasteiger charge is 2.25. The van der Waals surface area contributed by atoms with Crippen LogP contribution in [0.3, 0.4) is 0 Å². The standard InChI is InChI=1S/C22H26F2/c1-3-5-6-16-12-20(23)22(21(24)13-16)19-10-9-17-11-15(4-2)7-8-18(17)14-19/h7-8,11-13,19H,3-6,9-10,14H2,1-2H3. The molecular formula is C22H26F2. The van der Waals surface area contributed by atoms with E-state index < -0.39 is 0 Å². The summed E-state index contributed by atoms with van der Waals surface area (Å²) in [6.45, 7) is 4.24. The highest BCUT2D eigenvalue weighted by molar-refractivity contribution is 5.38. The average molecular weight is 328 g/mol. The van der Waals surface area contributed by atoms with Gasteiger partial charge in [-0.05, 0) is 78.8 Å². The zero-order valence-corrected chi connectivity index (χ0v) is 14.7. The lowest BCUT2D eigenvalue weighted by Crippen LogP contribution is -2.16. The highest BCUT2D eigenvalue weighted by Crippen LogP contribution is 2.36. The first kappa shape index (κ1) is 17.1. The first-order valence-corrected chi connectivity index (χ1v) is 9.20. The number of rotatable bonds is 5. The molecule has 3 rings (SSSR count). The van der Waals surface area contributed by atoms with Crippen molar-refractivity contribution in [2.24, 2.45) is 0 Å². The Labute approximate surface area is 143 Å². The van der Waals surface area contributed by atoms with Gasteiger partial charge < -0.3 is 0 Å². The molecule has 0 radical (unpaired) electrons. The second-order valence-electron chi connectivity index (χ2n) is 6.97. The van der Waals surface area contributed by atoms with Gasteiger partial charge in [0.05, 0.1) is 0 Å². The van der Waals surface area contributed by atoms with E-state index in [0.29, 0.717) is 5.56 Å². The van der Waals surface area contributed by atoms with E-state index in [0.717, 1.165) is 50.5 Å². The first-order chi connectivity index (χ1) is 11.6. The lowest BCUT2D eigenvalue weighted by Gasteiger charge is -2.26. The summed E-state index contributed by atoms with van der Waals surface area (Å²) in [5, 5.41) is 0. The van der Waals surface area contributed by atoms with E-state index in [2.05, 4.69) is 32.0 Å². The van der Waals surface area contributed by atoms with E-state index in [9.17, 15) is 8.78 Å². The molecule has 1 unspecified atom stereocenters. The number of aryl methyl sites for hydroxylation is 3. The molecule has 2 heteroatoms. The lowest BCUT2D eigenvalue weighted by atomic mass is 9.79. The molecule has 1 aliphatic carbocycles. The molecule has 0 amide bonds. The van der Waals surface area contributed by atoms with Crippen molar-refractivity contribution in [3.63, 3.8) is 0 Å². The van der Waals surface area contributed by atoms with Gasteiger partial charge in [0.2, 0.25) is 0 Å². The van der Waals surface area contributed by atoms with Crippen LogP contribution in [0.25, 0.3) is 0 Å². The van der Waals surface area contributed by atoms with Crippen LogP contribution >= 0.6 is 0 Å². The van der Waals surface area contributed by atoms with Crippen molar-refractivity contribution >= 4 is 0 Å². The van der Waals surface area contributed by atoms with Gasteiger partial charge in [0.25, 0.3) is 0 Å². The van der Waals surface area contributed by atoms with Crippen LogP contribution in [0, 0.1) is 11.6 Å². The molecule has 0 saturated heterocycles. The molecule has 1 atom stereocenters. The van der Waals surface area contributed by atoms with Gasteiger partial charge in [0.1, 0.15) is 11.6 Å². The number of fused-ring (bicyclic) bond motifs is 1. The normalized spacial score (nSPS) is 16.9. The summed E-state index contributed by atoms with van der Waals surface area (Å²) in [6, 6.07) is 9.63.